The van der Waals surface area contributed by atoms with Crippen molar-refractivity contribution in [3.05, 3.63) is 57.6 Å². The standard InChI is InChI=1S/C14H18N2O4.C9H11ClFN/c1-9-3-2-4-15(9)13(17)11-7-10(14(18)19)12-8-20-6-5-16(11)12;1-2-9(12)7-5-6(11)3-4-8(7)10/h7,9H,2-6,8H2,1H3,(H,18,19);3-5,9H,2,12H2,1H3/t2*9-/m01/s1. The predicted molar refractivity (Wildman–Crippen MR) is 119 cm³/mol. The molecule has 0 bridgehead atoms. The van der Waals surface area contributed by atoms with E-state index in [1.807, 2.05) is 18.7 Å². The number of carboxylic acids is 1. The summed E-state index contributed by atoms with van der Waals surface area (Å²) in [4.78, 5) is 25.8. The number of carboxylic acid groups (broad SMARTS) is 1. The quantitative estimate of drug-likeness (QED) is 0.704. The minimum absolute atomic E-state index is 0.0642. The average molecular weight is 466 g/mol. The monoisotopic (exact) mass is 465 g/mol. The Morgan fingerprint density at radius 3 is 2.72 bits per heavy atom. The number of nitrogens with two attached hydrogens (primary N) is 1. The second-order valence-corrected chi connectivity index (χ2v) is 8.48. The van der Waals surface area contributed by atoms with Crippen LogP contribution >= 0.6 is 11.6 Å². The number of likely N-dealkylation sites (tertiary alicyclic amines) is 1. The zero-order valence-corrected chi connectivity index (χ0v) is 19.1. The van der Waals surface area contributed by atoms with Gasteiger partial charge in [-0.15, -0.1) is 0 Å². The summed E-state index contributed by atoms with van der Waals surface area (Å²) in [6, 6.07) is 5.79. The van der Waals surface area contributed by atoms with Crippen LogP contribution < -0.4 is 5.73 Å². The first kappa shape index (κ1) is 24.2. The molecule has 2 atom stereocenters. The maximum absolute atomic E-state index is 12.7. The number of fused-ring (bicyclic) bond motifs is 1. The Morgan fingerprint density at radius 1 is 1.34 bits per heavy atom. The van der Waals surface area contributed by atoms with Gasteiger partial charge in [0.25, 0.3) is 5.91 Å². The first-order valence-electron chi connectivity index (χ1n) is 10.8. The van der Waals surface area contributed by atoms with Crippen molar-refractivity contribution in [2.24, 2.45) is 5.73 Å². The van der Waals surface area contributed by atoms with Gasteiger partial charge in [0, 0.05) is 30.2 Å². The molecule has 1 amide bonds. The van der Waals surface area contributed by atoms with Crippen LogP contribution in [-0.2, 0) is 17.9 Å². The predicted octanol–water partition coefficient (Wildman–Crippen LogP) is 4.23. The Kier molecular flexibility index (Phi) is 7.92. The highest BCUT2D eigenvalue weighted by molar-refractivity contribution is 6.31. The van der Waals surface area contributed by atoms with E-state index in [2.05, 4.69) is 0 Å². The molecule has 3 N–H and O–H groups in total. The van der Waals surface area contributed by atoms with Gasteiger partial charge >= 0.3 is 5.97 Å². The molecule has 2 aliphatic heterocycles. The fourth-order valence-corrected chi connectivity index (χ4v) is 4.35. The van der Waals surface area contributed by atoms with Crippen LogP contribution in [0.1, 0.15) is 71.3 Å². The lowest BCUT2D eigenvalue weighted by molar-refractivity contribution is 0.0640. The summed E-state index contributed by atoms with van der Waals surface area (Å²) in [5.41, 5.74) is 7.65. The van der Waals surface area contributed by atoms with Gasteiger partial charge in [0.15, 0.2) is 0 Å². The van der Waals surface area contributed by atoms with E-state index in [0.717, 1.165) is 25.8 Å². The Hall–Kier alpha value is -2.42. The van der Waals surface area contributed by atoms with E-state index >= 15 is 0 Å². The largest absolute Gasteiger partial charge is 0.478 e. The zero-order valence-electron chi connectivity index (χ0n) is 18.3. The average Bonchev–Trinajstić information content (AvgIpc) is 3.39. The fraction of sp³-hybridized carbons (Fsp3) is 0.478. The molecule has 0 aliphatic carbocycles. The van der Waals surface area contributed by atoms with E-state index in [0.29, 0.717) is 35.1 Å². The lowest BCUT2D eigenvalue weighted by atomic mass is 10.1. The normalized spacial score (nSPS) is 18.5. The highest BCUT2D eigenvalue weighted by atomic mass is 35.5. The number of carbonyl (C=O) groups is 2. The molecule has 7 nitrogen and oxygen atoms in total. The molecule has 0 saturated carbocycles. The number of hydrogen-bond acceptors (Lipinski definition) is 4. The third kappa shape index (κ3) is 5.14. The van der Waals surface area contributed by atoms with E-state index in [1.54, 1.807) is 4.57 Å². The summed E-state index contributed by atoms with van der Waals surface area (Å²) >= 11 is 5.82. The smallest absolute Gasteiger partial charge is 0.337 e. The molecular formula is C23H29ClFN3O4. The number of aromatic nitrogens is 1. The van der Waals surface area contributed by atoms with Gasteiger partial charge in [-0.25, -0.2) is 9.18 Å². The van der Waals surface area contributed by atoms with Gasteiger partial charge in [-0.05, 0) is 56.0 Å². The number of hydrogen-bond donors (Lipinski definition) is 2. The Bertz CT molecular complexity index is 994. The van der Waals surface area contributed by atoms with E-state index in [1.165, 1.54) is 24.3 Å². The maximum atomic E-state index is 12.7. The van der Waals surface area contributed by atoms with Crippen LogP contribution in [0.4, 0.5) is 4.39 Å². The van der Waals surface area contributed by atoms with Gasteiger partial charge in [-0.3, -0.25) is 4.79 Å². The third-order valence-electron chi connectivity index (χ3n) is 5.97. The topological polar surface area (TPSA) is 97.8 Å². The molecule has 1 saturated heterocycles. The SMILES string of the molecule is CC[C@@H](N)c1cc(F)ccc1Cl.C[C@H]1CCCN1C(=O)c1cc(C(=O)O)c2n1CCOC2. The van der Waals surface area contributed by atoms with Crippen molar-refractivity contribution in [2.75, 3.05) is 13.2 Å². The zero-order chi connectivity index (χ0) is 23.4. The molecule has 1 aromatic carbocycles. The van der Waals surface area contributed by atoms with Crippen molar-refractivity contribution in [2.45, 2.75) is 58.3 Å². The second kappa shape index (κ2) is 10.5. The van der Waals surface area contributed by atoms with Crippen LogP contribution in [0.3, 0.4) is 0 Å². The Labute approximate surface area is 191 Å². The minimum Gasteiger partial charge on any atom is -0.478 e. The number of rotatable bonds is 4. The van der Waals surface area contributed by atoms with Gasteiger partial charge < -0.3 is 25.0 Å². The van der Waals surface area contributed by atoms with Gasteiger partial charge in [0.1, 0.15) is 11.5 Å². The van der Waals surface area contributed by atoms with Crippen LogP contribution in [0.25, 0.3) is 0 Å². The summed E-state index contributed by atoms with van der Waals surface area (Å²) in [6.07, 6.45) is 2.77. The number of halogens is 2. The summed E-state index contributed by atoms with van der Waals surface area (Å²) < 4.78 is 19.9. The van der Waals surface area contributed by atoms with E-state index < -0.39 is 5.97 Å². The van der Waals surface area contributed by atoms with Crippen molar-refractivity contribution < 1.29 is 23.8 Å². The Morgan fingerprint density at radius 2 is 2.09 bits per heavy atom. The molecule has 0 spiro atoms. The summed E-state index contributed by atoms with van der Waals surface area (Å²) in [5, 5.41) is 9.79. The van der Waals surface area contributed by atoms with Crippen LogP contribution in [0.5, 0.6) is 0 Å². The highest BCUT2D eigenvalue weighted by Gasteiger charge is 2.31. The number of nitrogens with zero attached hydrogens (tertiary/aromatic N) is 2. The van der Waals surface area contributed by atoms with Crippen LogP contribution in [-0.4, -0.2) is 45.6 Å². The molecule has 1 fully saturated rings. The second-order valence-electron chi connectivity index (χ2n) is 8.07. The van der Waals surface area contributed by atoms with Crippen molar-refractivity contribution in [3.8, 4) is 0 Å². The molecule has 3 heterocycles. The number of carbonyl (C=O) groups excluding carboxylic acids is 1. The van der Waals surface area contributed by atoms with Crippen molar-refractivity contribution >= 4 is 23.5 Å². The van der Waals surface area contributed by atoms with Crippen molar-refractivity contribution in [1.29, 1.82) is 0 Å². The van der Waals surface area contributed by atoms with Crippen molar-refractivity contribution in [3.63, 3.8) is 0 Å². The number of benzene rings is 1. The Balaban J connectivity index is 0.000000207. The van der Waals surface area contributed by atoms with Gasteiger partial charge in [-0.2, -0.15) is 0 Å². The summed E-state index contributed by atoms with van der Waals surface area (Å²) in [7, 11) is 0. The summed E-state index contributed by atoms with van der Waals surface area (Å²) in [6.45, 7) is 6.02. The number of ether oxygens (including phenoxy) is 1. The van der Waals surface area contributed by atoms with Gasteiger partial charge in [-0.1, -0.05) is 18.5 Å². The lowest BCUT2D eigenvalue weighted by Gasteiger charge is -2.24. The van der Waals surface area contributed by atoms with E-state index in [-0.39, 0.29) is 36.0 Å². The van der Waals surface area contributed by atoms with Gasteiger partial charge in [0.2, 0.25) is 0 Å². The first-order chi connectivity index (χ1) is 15.2. The van der Waals surface area contributed by atoms with Crippen LogP contribution in [0.2, 0.25) is 5.02 Å². The first-order valence-corrected chi connectivity index (χ1v) is 11.2. The minimum atomic E-state index is -1.01. The van der Waals surface area contributed by atoms with Crippen molar-refractivity contribution in [1.82, 2.24) is 9.47 Å². The molecular weight excluding hydrogens is 437 g/mol. The molecule has 0 unspecified atom stereocenters. The number of aromatic carboxylic acids is 1. The lowest BCUT2D eigenvalue weighted by Crippen LogP contribution is -2.35. The molecule has 9 heteroatoms. The van der Waals surface area contributed by atoms with E-state index in [9.17, 15) is 19.1 Å². The molecule has 32 heavy (non-hydrogen) atoms. The molecule has 2 aromatic rings. The van der Waals surface area contributed by atoms with Gasteiger partial charge in [0.05, 0.1) is 24.5 Å². The molecule has 0 radical (unpaired) electrons. The number of amides is 1. The highest BCUT2D eigenvalue weighted by Crippen LogP contribution is 2.26. The third-order valence-corrected chi connectivity index (χ3v) is 6.31. The molecule has 4 rings (SSSR count). The fourth-order valence-electron chi connectivity index (χ4n) is 4.09. The van der Waals surface area contributed by atoms with Crippen LogP contribution in [0.15, 0.2) is 24.3 Å². The molecule has 1 aromatic heterocycles. The molecule has 174 valence electrons. The van der Waals surface area contributed by atoms with E-state index in [4.69, 9.17) is 22.1 Å². The molecule has 2 aliphatic rings. The van der Waals surface area contributed by atoms with Crippen LogP contribution in [0, 0.1) is 5.82 Å². The maximum Gasteiger partial charge on any atom is 0.337 e. The summed E-state index contributed by atoms with van der Waals surface area (Å²) in [5.74, 6) is -1.36.